The summed E-state index contributed by atoms with van der Waals surface area (Å²) in [6, 6.07) is 11.0. The van der Waals surface area contributed by atoms with Gasteiger partial charge in [0.15, 0.2) is 0 Å². The van der Waals surface area contributed by atoms with Gasteiger partial charge in [0.1, 0.15) is 17.1 Å². The molecule has 0 N–H and O–H groups in total. The standard InChI is InChI=1S/C19H19ClO5/c1-12(2)11-24-15-7-4-13(5-8-15)18(21)25-17-9-6-14(20)10-16(17)19(22)23-3/h4-10,12H,11H2,1-3H3. The fourth-order valence-corrected chi connectivity index (χ4v) is 2.14. The highest BCUT2D eigenvalue weighted by Gasteiger charge is 2.17. The monoisotopic (exact) mass is 362 g/mol. The molecule has 2 aromatic carbocycles. The molecule has 0 heterocycles. The van der Waals surface area contributed by atoms with E-state index in [1.807, 2.05) is 0 Å². The van der Waals surface area contributed by atoms with Gasteiger partial charge in [-0.2, -0.15) is 0 Å². The molecule has 2 aromatic rings. The Hall–Kier alpha value is -2.53. The van der Waals surface area contributed by atoms with Crippen LogP contribution in [0, 0.1) is 5.92 Å². The van der Waals surface area contributed by atoms with Crippen LogP contribution in [0.4, 0.5) is 0 Å². The van der Waals surface area contributed by atoms with E-state index in [0.29, 0.717) is 28.9 Å². The van der Waals surface area contributed by atoms with Crippen LogP contribution in [-0.2, 0) is 4.74 Å². The van der Waals surface area contributed by atoms with Crippen molar-refractivity contribution in [2.45, 2.75) is 13.8 Å². The minimum absolute atomic E-state index is 0.0836. The lowest BCUT2D eigenvalue weighted by Crippen LogP contribution is -2.12. The summed E-state index contributed by atoms with van der Waals surface area (Å²) in [5, 5.41) is 0.340. The molecule has 25 heavy (non-hydrogen) atoms. The Morgan fingerprint density at radius 3 is 2.32 bits per heavy atom. The van der Waals surface area contributed by atoms with Crippen molar-refractivity contribution in [3.05, 3.63) is 58.6 Å². The molecule has 0 saturated carbocycles. The number of hydrogen-bond donors (Lipinski definition) is 0. The van der Waals surface area contributed by atoms with Crippen LogP contribution in [-0.4, -0.2) is 25.7 Å². The van der Waals surface area contributed by atoms with Gasteiger partial charge in [-0.1, -0.05) is 25.4 Å². The van der Waals surface area contributed by atoms with Crippen LogP contribution >= 0.6 is 11.6 Å². The van der Waals surface area contributed by atoms with Crippen molar-refractivity contribution in [1.29, 1.82) is 0 Å². The number of methoxy groups -OCH3 is 1. The van der Waals surface area contributed by atoms with E-state index in [4.69, 9.17) is 21.1 Å². The Morgan fingerprint density at radius 1 is 1.04 bits per heavy atom. The number of esters is 2. The number of ether oxygens (including phenoxy) is 3. The first-order valence-corrected chi connectivity index (χ1v) is 8.11. The molecule has 6 heteroatoms. The van der Waals surface area contributed by atoms with Gasteiger partial charge in [-0.25, -0.2) is 9.59 Å². The molecule has 0 unspecified atom stereocenters. The van der Waals surface area contributed by atoms with E-state index in [1.165, 1.54) is 25.3 Å². The molecule has 2 rings (SSSR count). The lowest BCUT2D eigenvalue weighted by Gasteiger charge is -2.10. The number of halogens is 1. The van der Waals surface area contributed by atoms with Crippen molar-refractivity contribution in [2.75, 3.05) is 13.7 Å². The molecule has 5 nitrogen and oxygen atoms in total. The van der Waals surface area contributed by atoms with Gasteiger partial charge in [0.05, 0.1) is 19.3 Å². The van der Waals surface area contributed by atoms with Crippen molar-refractivity contribution < 1.29 is 23.8 Å². The van der Waals surface area contributed by atoms with Gasteiger partial charge in [-0.05, 0) is 48.4 Å². The minimum Gasteiger partial charge on any atom is -0.493 e. The molecule has 0 fully saturated rings. The van der Waals surface area contributed by atoms with Gasteiger partial charge in [0.2, 0.25) is 0 Å². The van der Waals surface area contributed by atoms with E-state index in [9.17, 15) is 9.59 Å². The Balaban J connectivity index is 2.13. The molecule has 0 aliphatic carbocycles. The number of carbonyl (C=O) groups is 2. The Morgan fingerprint density at radius 2 is 1.72 bits per heavy atom. The van der Waals surface area contributed by atoms with Gasteiger partial charge < -0.3 is 14.2 Å². The summed E-state index contributed by atoms with van der Waals surface area (Å²) in [4.78, 5) is 24.1. The third-order valence-electron chi connectivity index (χ3n) is 3.22. The average Bonchev–Trinajstić information content (AvgIpc) is 2.61. The van der Waals surface area contributed by atoms with E-state index in [2.05, 4.69) is 18.6 Å². The lowest BCUT2D eigenvalue weighted by molar-refractivity contribution is 0.0593. The molecule has 0 radical (unpaired) electrons. The predicted molar refractivity (Wildman–Crippen MR) is 94.5 cm³/mol. The van der Waals surface area contributed by atoms with Crippen LogP contribution in [0.5, 0.6) is 11.5 Å². The third kappa shape index (κ3) is 5.22. The molecule has 0 spiro atoms. The van der Waals surface area contributed by atoms with Crippen molar-refractivity contribution >= 4 is 23.5 Å². The Bertz CT molecular complexity index is 753. The number of benzene rings is 2. The van der Waals surface area contributed by atoms with Gasteiger partial charge in [0.25, 0.3) is 0 Å². The summed E-state index contributed by atoms with van der Waals surface area (Å²) in [6.45, 7) is 4.70. The zero-order valence-electron chi connectivity index (χ0n) is 14.2. The second-order valence-electron chi connectivity index (χ2n) is 5.75. The van der Waals surface area contributed by atoms with Gasteiger partial charge in [-0.15, -0.1) is 0 Å². The molecule has 0 aliphatic heterocycles. The maximum atomic E-state index is 12.3. The highest BCUT2D eigenvalue weighted by molar-refractivity contribution is 6.31. The van der Waals surface area contributed by atoms with Crippen LogP contribution in [0.15, 0.2) is 42.5 Å². The number of hydrogen-bond acceptors (Lipinski definition) is 5. The highest BCUT2D eigenvalue weighted by atomic mass is 35.5. The molecule has 0 bridgehead atoms. The molecule has 132 valence electrons. The molecular weight excluding hydrogens is 344 g/mol. The van der Waals surface area contributed by atoms with Gasteiger partial charge >= 0.3 is 11.9 Å². The summed E-state index contributed by atoms with van der Waals surface area (Å²) in [7, 11) is 1.24. The second kappa shape index (κ2) is 8.53. The van der Waals surface area contributed by atoms with Crippen molar-refractivity contribution in [1.82, 2.24) is 0 Å². The van der Waals surface area contributed by atoms with Crippen LogP contribution in [0.2, 0.25) is 5.02 Å². The van der Waals surface area contributed by atoms with Crippen molar-refractivity contribution in [3.8, 4) is 11.5 Å². The first-order chi connectivity index (χ1) is 11.9. The van der Waals surface area contributed by atoms with E-state index in [0.717, 1.165) is 0 Å². The minimum atomic E-state index is -0.636. The number of rotatable bonds is 6. The Labute approximate surface area is 151 Å². The molecule has 0 aromatic heterocycles. The summed E-state index contributed by atoms with van der Waals surface area (Å²) in [6.07, 6.45) is 0. The van der Waals surface area contributed by atoms with E-state index >= 15 is 0 Å². The molecule has 0 aliphatic rings. The average molecular weight is 363 g/mol. The summed E-state index contributed by atoms with van der Waals surface area (Å²) >= 11 is 5.88. The SMILES string of the molecule is COC(=O)c1cc(Cl)ccc1OC(=O)c1ccc(OCC(C)C)cc1. The fraction of sp³-hybridized carbons (Fsp3) is 0.263. The highest BCUT2D eigenvalue weighted by Crippen LogP contribution is 2.25. The van der Waals surface area contributed by atoms with Crippen molar-refractivity contribution in [2.24, 2.45) is 5.92 Å². The summed E-state index contributed by atoms with van der Waals surface area (Å²) in [5.74, 6) is -0.0646. The normalized spacial score (nSPS) is 10.4. The zero-order chi connectivity index (χ0) is 18.4. The first-order valence-electron chi connectivity index (χ1n) is 7.73. The van der Waals surface area contributed by atoms with Gasteiger partial charge in [-0.3, -0.25) is 0 Å². The first kappa shape index (κ1) is 18.8. The van der Waals surface area contributed by atoms with Crippen LogP contribution in [0.1, 0.15) is 34.6 Å². The maximum absolute atomic E-state index is 12.3. The molecule has 0 atom stereocenters. The van der Waals surface area contributed by atoms with Crippen LogP contribution in [0.25, 0.3) is 0 Å². The largest absolute Gasteiger partial charge is 0.493 e. The van der Waals surface area contributed by atoms with E-state index < -0.39 is 11.9 Å². The number of carbonyl (C=O) groups excluding carboxylic acids is 2. The molecule has 0 amide bonds. The van der Waals surface area contributed by atoms with E-state index in [-0.39, 0.29) is 11.3 Å². The topological polar surface area (TPSA) is 61.8 Å². The molecular formula is C19H19ClO5. The van der Waals surface area contributed by atoms with Crippen molar-refractivity contribution in [3.63, 3.8) is 0 Å². The fourth-order valence-electron chi connectivity index (χ4n) is 1.97. The van der Waals surface area contributed by atoms with Gasteiger partial charge in [0, 0.05) is 5.02 Å². The van der Waals surface area contributed by atoms with Crippen LogP contribution < -0.4 is 9.47 Å². The maximum Gasteiger partial charge on any atom is 0.343 e. The quantitative estimate of drug-likeness (QED) is 0.563. The third-order valence-corrected chi connectivity index (χ3v) is 3.46. The second-order valence-corrected chi connectivity index (χ2v) is 6.19. The predicted octanol–water partition coefficient (Wildman–Crippen LogP) is 4.38. The zero-order valence-corrected chi connectivity index (χ0v) is 15.0. The molecule has 0 saturated heterocycles. The summed E-state index contributed by atoms with van der Waals surface area (Å²) in [5.41, 5.74) is 0.419. The van der Waals surface area contributed by atoms with Crippen LogP contribution in [0.3, 0.4) is 0 Å². The smallest absolute Gasteiger partial charge is 0.343 e. The lowest BCUT2D eigenvalue weighted by atomic mass is 10.2. The summed E-state index contributed by atoms with van der Waals surface area (Å²) < 4.78 is 15.6. The van der Waals surface area contributed by atoms with E-state index in [1.54, 1.807) is 24.3 Å². The Kier molecular flexibility index (Phi) is 6.42.